The van der Waals surface area contributed by atoms with Crippen molar-refractivity contribution in [2.24, 2.45) is 0 Å². The zero-order chi connectivity index (χ0) is 15.2. The van der Waals surface area contributed by atoms with Gasteiger partial charge in [-0.1, -0.05) is 23.5 Å². The first-order valence-electron chi connectivity index (χ1n) is 5.93. The first kappa shape index (κ1) is 14.7. The topological polar surface area (TPSA) is 120 Å². The zero-order valence-electron chi connectivity index (χ0n) is 10.8. The van der Waals surface area contributed by atoms with Crippen LogP contribution in [-0.2, 0) is 9.59 Å². The van der Waals surface area contributed by atoms with E-state index in [2.05, 4.69) is 20.9 Å². The minimum absolute atomic E-state index is 0.315. The highest BCUT2D eigenvalue weighted by atomic mass is 32.1. The number of thiazole rings is 1. The molecule has 2 aromatic rings. The fraction of sp³-hybridized carbons (Fsp3) is 0.167. The molecule has 0 saturated carbocycles. The lowest BCUT2D eigenvalue weighted by Gasteiger charge is -2.05. The summed E-state index contributed by atoms with van der Waals surface area (Å²) < 4.78 is 0.937. The van der Waals surface area contributed by atoms with Crippen molar-refractivity contribution in [2.45, 2.75) is 0 Å². The van der Waals surface area contributed by atoms with E-state index >= 15 is 0 Å². The molecule has 0 fully saturated rings. The van der Waals surface area contributed by atoms with Crippen molar-refractivity contribution in [2.75, 3.05) is 18.4 Å². The molecule has 0 aliphatic carbocycles. The Balaban J connectivity index is 1.81. The molecule has 9 heteroatoms. The van der Waals surface area contributed by atoms with E-state index in [-0.39, 0.29) is 6.54 Å². The number of carbonyl (C=O) groups is 3. The van der Waals surface area contributed by atoms with E-state index in [4.69, 9.17) is 5.11 Å². The van der Waals surface area contributed by atoms with Gasteiger partial charge < -0.3 is 15.7 Å². The van der Waals surface area contributed by atoms with Crippen molar-refractivity contribution in [3.05, 3.63) is 24.3 Å². The number of amides is 3. The number of aromatic nitrogens is 1. The van der Waals surface area contributed by atoms with Gasteiger partial charge in [0.1, 0.15) is 6.54 Å². The van der Waals surface area contributed by atoms with Gasteiger partial charge in [-0.25, -0.2) is 9.78 Å². The SMILES string of the molecule is O=C(O)CNC(=O)CNC(=O)Nc1nc2ccccc2s1. The molecule has 0 spiro atoms. The number of rotatable bonds is 5. The standard InChI is InChI=1S/C12H12N4O4S/c17-9(13-6-10(18)19)5-14-11(20)16-12-15-7-3-1-2-4-8(7)21-12/h1-4H,5-6H2,(H,13,17)(H,18,19)(H2,14,15,16,20). The third kappa shape index (κ3) is 4.42. The van der Waals surface area contributed by atoms with Crippen LogP contribution in [-0.4, -0.2) is 41.1 Å². The van der Waals surface area contributed by atoms with E-state index in [1.807, 2.05) is 24.3 Å². The summed E-state index contributed by atoms with van der Waals surface area (Å²) in [6.45, 7) is -0.802. The summed E-state index contributed by atoms with van der Waals surface area (Å²) in [4.78, 5) is 37.2. The lowest BCUT2D eigenvalue weighted by molar-refractivity contribution is -0.137. The number of hydrogen-bond acceptors (Lipinski definition) is 5. The number of carbonyl (C=O) groups excluding carboxylic acids is 2. The minimum atomic E-state index is -1.15. The van der Waals surface area contributed by atoms with Gasteiger partial charge in [0.25, 0.3) is 0 Å². The maximum Gasteiger partial charge on any atom is 0.322 e. The smallest absolute Gasteiger partial charge is 0.322 e. The minimum Gasteiger partial charge on any atom is -0.480 e. The predicted molar refractivity (Wildman–Crippen MR) is 77.3 cm³/mol. The van der Waals surface area contributed by atoms with Crippen LogP contribution in [0.1, 0.15) is 0 Å². The Labute approximate surface area is 123 Å². The lowest BCUT2D eigenvalue weighted by atomic mass is 10.3. The number of nitrogens with one attached hydrogen (secondary N) is 3. The van der Waals surface area contributed by atoms with Crippen molar-refractivity contribution in [3.8, 4) is 0 Å². The van der Waals surface area contributed by atoms with E-state index in [0.29, 0.717) is 5.13 Å². The Bertz CT molecular complexity index is 652. The van der Waals surface area contributed by atoms with Crippen molar-refractivity contribution in [1.29, 1.82) is 0 Å². The Hall–Kier alpha value is -2.68. The molecular weight excluding hydrogens is 296 g/mol. The zero-order valence-corrected chi connectivity index (χ0v) is 11.6. The molecule has 0 unspecified atom stereocenters. The van der Waals surface area contributed by atoms with Crippen molar-refractivity contribution in [3.63, 3.8) is 0 Å². The molecular formula is C12H12N4O4S. The van der Waals surface area contributed by atoms with E-state index in [1.165, 1.54) is 11.3 Å². The van der Waals surface area contributed by atoms with Gasteiger partial charge in [0.15, 0.2) is 5.13 Å². The molecule has 1 heterocycles. The van der Waals surface area contributed by atoms with Gasteiger partial charge in [-0.05, 0) is 12.1 Å². The van der Waals surface area contributed by atoms with Crippen molar-refractivity contribution in [1.82, 2.24) is 15.6 Å². The molecule has 1 aromatic carbocycles. The Morgan fingerprint density at radius 2 is 1.90 bits per heavy atom. The average Bonchev–Trinajstić information content (AvgIpc) is 2.84. The van der Waals surface area contributed by atoms with Crippen LogP contribution >= 0.6 is 11.3 Å². The molecule has 4 N–H and O–H groups in total. The summed E-state index contributed by atoms with van der Waals surface area (Å²) in [6.07, 6.45) is 0. The quantitative estimate of drug-likeness (QED) is 0.645. The highest BCUT2D eigenvalue weighted by Gasteiger charge is 2.09. The van der Waals surface area contributed by atoms with Crippen LogP contribution in [0.4, 0.5) is 9.93 Å². The van der Waals surface area contributed by atoms with Crippen LogP contribution in [0, 0.1) is 0 Å². The van der Waals surface area contributed by atoms with Gasteiger partial charge in [-0.15, -0.1) is 0 Å². The predicted octanol–water partition coefficient (Wildman–Crippen LogP) is 0.619. The first-order valence-corrected chi connectivity index (χ1v) is 6.75. The van der Waals surface area contributed by atoms with Crippen LogP contribution in [0.5, 0.6) is 0 Å². The van der Waals surface area contributed by atoms with E-state index < -0.39 is 24.5 Å². The molecule has 0 bridgehead atoms. The van der Waals surface area contributed by atoms with E-state index in [0.717, 1.165) is 10.2 Å². The van der Waals surface area contributed by atoms with Crippen LogP contribution in [0.15, 0.2) is 24.3 Å². The molecule has 110 valence electrons. The van der Waals surface area contributed by atoms with Gasteiger partial charge >= 0.3 is 12.0 Å². The number of nitrogens with zero attached hydrogens (tertiary/aromatic N) is 1. The number of carboxylic acid groups (broad SMARTS) is 1. The fourth-order valence-corrected chi connectivity index (χ4v) is 2.33. The van der Waals surface area contributed by atoms with Crippen LogP contribution < -0.4 is 16.0 Å². The molecule has 0 saturated heterocycles. The number of urea groups is 1. The van der Waals surface area contributed by atoms with Crippen LogP contribution in [0.2, 0.25) is 0 Å². The normalized spacial score (nSPS) is 10.1. The summed E-state index contributed by atoms with van der Waals surface area (Å²) in [6, 6.07) is 6.85. The maximum atomic E-state index is 11.6. The highest BCUT2D eigenvalue weighted by molar-refractivity contribution is 7.22. The summed E-state index contributed by atoms with van der Waals surface area (Å²) in [5.74, 6) is -1.74. The number of hydrogen-bond donors (Lipinski definition) is 4. The van der Waals surface area contributed by atoms with Crippen molar-refractivity contribution >= 4 is 44.6 Å². The monoisotopic (exact) mass is 308 g/mol. The Morgan fingerprint density at radius 1 is 1.14 bits per heavy atom. The molecule has 0 atom stereocenters. The fourth-order valence-electron chi connectivity index (χ4n) is 1.46. The molecule has 0 aliphatic heterocycles. The van der Waals surface area contributed by atoms with Crippen LogP contribution in [0.25, 0.3) is 10.2 Å². The summed E-state index contributed by atoms with van der Waals surface area (Å²) in [5, 5.41) is 15.8. The molecule has 21 heavy (non-hydrogen) atoms. The van der Waals surface area contributed by atoms with Gasteiger partial charge in [-0.2, -0.15) is 0 Å². The van der Waals surface area contributed by atoms with Gasteiger partial charge in [0.05, 0.1) is 16.8 Å². The molecule has 8 nitrogen and oxygen atoms in total. The third-order valence-corrected chi connectivity index (χ3v) is 3.31. The molecule has 2 rings (SSSR count). The number of fused-ring (bicyclic) bond motifs is 1. The average molecular weight is 308 g/mol. The van der Waals surface area contributed by atoms with Crippen molar-refractivity contribution < 1.29 is 19.5 Å². The second-order valence-electron chi connectivity index (χ2n) is 3.96. The summed E-state index contributed by atoms with van der Waals surface area (Å²) >= 11 is 1.31. The van der Waals surface area contributed by atoms with E-state index in [9.17, 15) is 14.4 Å². The van der Waals surface area contributed by atoms with Gasteiger partial charge in [0, 0.05) is 0 Å². The largest absolute Gasteiger partial charge is 0.480 e. The van der Waals surface area contributed by atoms with Gasteiger partial charge in [0.2, 0.25) is 5.91 Å². The molecule has 0 aliphatic rings. The second kappa shape index (κ2) is 6.66. The maximum absolute atomic E-state index is 11.6. The lowest BCUT2D eigenvalue weighted by Crippen LogP contribution is -2.40. The molecule has 0 radical (unpaired) electrons. The van der Waals surface area contributed by atoms with Gasteiger partial charge in [-0.3, -0.25) is 14.9 Å². The summed E-state index contributed by atoms with van der Waals surface area (Å²) in [7, 11) is 0. The summed E-state index contributed by atoms with van der Waals surface area (Å²) in [5.41, 5.74) is 0.775. The third-order valence-electron chi connectivity index (χ3n) is 2.36. The molecule has 1 aromatic heterocycles. The second-order valence-corrected chi connectivity index (χ2v) is 5.00. The van der Waals surface area contributed by atoms with E-state index in [1.54, 1.807) is 0 Å². The highest BCUT2D eigenvalue weighted by Crippen LogP contribution is 2.24. The number of benzene rings is 1. The number of para-hydroxylation sites is 1. The van der Waals surface area contributed by atoms with Crippen LogP contribution in [0.3, 0.4) is 0 Å². The molecule has 3 amide bonds. The number of carboxylic acids is 1. The first-order chi connectivity index (χ1) is 10.0. The number of aliphatic carboxylic acids is 1. The Kier molecular flexibility index (Phi) is 4.67. The number of anilines is 1. The Morgan fingerprint density at radius 3 is 2.62 bits per heavy atom.